The molecule has 2 N–H and O–H groups in total. The van der Waals surface area contributed by atoms with Gasteiger partial charge in [0, 0.05) is 0 Å². The molecule has 1 unspecified atom stereocenters. The molecule has 0 aromatic rings. The Labute approximate surface area is 49.5 Å². The van der Waals surface area contributed by atoms with E-state index < -0.39 is 19.5 Å². The van der Waals surface area contributed by atoms with Gasteiger partial charge in [-0.3, -0.25) is 0 Å². The molecule has 0 aliphatic carbocycles. The van der Waals surface area contributed by atoms with Gasteiger partial charge in [0.05, 0.1) is 0 Å². The van der Waals surface area contributed by atoms with Crippen LogP contribution in [-0.2, 0) is 9.78 Å². The Morgan fingerprint density at radius 2 is 2.11 bits per heavy atom. The Kier molecular flexibility index (Phi) is 3.55. The summed E-state index contributed by atoms with van der Waals surface area (Å²) in [5.74, 6) is 0. The van der Waals surface area contributed by atoms with E-state index >= 15 is 0 Å². The Balaban J connectivity index is 3.33. The summed E-state index contributed by atoms with van der Waals surface area (Å²) in [6.45, 7) is -2.71. The first-order chi connectivity index (χ1) is 4.12. The molecular weight excluding hydrogens is 138 g/mol. The maximum atomic E-state index is 11.7. The molecule has 0 aromatic carbocycles. The van der Waals surface area contributed by atoms with Crippen molar-refractivity contribution in [2.75, 3.05) is 13.5 Å². The summed E-state index contributed by atoms with van der Waals surface area (Å²) in [4.78, 5) is 6.77. The van der Waals surface area contributed by atoms with Crippen LogP contribution in [0.2, 0.25) is 0 Å². The van der Waals surface area contributed by atoms with E-state index in [0.29, 0.717) is 0 Å². The van der Waals surface area contributed by atoms with Crippen LogP contribution in [0.3, 0.4) is 0 Å². The fourth-order valence-corrected chi connectivity index (χ4v) is 0.139. The van der Waals surface area contributed by atoms with E-state index in [1.807, 2.05) is 0 Å². The number of aliphatic hydroxyl groups excluding tert-OH is 1. The zero-order valence-corrected chi connectivity index (χ0v) is 4.38. The van der Waals surface area contributed by atoms with Crippen molar-refractivity contribution in [3.05, 3.63) is 0 Å². The fourth-order valence-electron chi connectivity index (χ4n) is 0.139. The SMILES string of the molecule is OCOOC(O)(F)CF. The maximum absolute atomic E-state index is 11.7. The second kappa shape index (κ2) is 3.67. The van der Waals surface area contributed by atoms with E-state index in [1.165, 1.54) is 0 Å². The zero-order valence-electron chi connectivity index (χ0n) is 4.38. The number of hydrogen-bond donors (Lipinski definition) is 2. The summed E-state index contributed by atoms with van der Waals surface area (Å²) >= 11 is 0. The van der Waals surface area contributed by atoms with Gasteiger partial charge in [-0.25, -0.2) is 9.28 Å². The first-order valence-electron chi connectivity index (χ1n) is 2.01. The van der Waals surface area contributed by atoms with E-state index in [2.05, 4.69) is 9.78 Å². The van der Waals surface area contributed by atoms with Crippen LogP contribution in [0, 0.1) is 0 Å². The zero-order chi connectivity index (χ0) is 7.33. The third kappa shape index (κ3) is 4.22. The molecule has 0 saturated heterocycles. The molecule has 0 fully saturated rings. The number of halogens is 2. The van der Waals surface area contributed by atoms with Crippen molar-refractivity contribution in [2.24, 2.45) is 0 Å². The Morgan fingerprint density at radius 1 is 1.56 bits per heavy atom. The smallest absolute Gasteiger partial charge is 0.368 e. The normalized spacial score (nSPS) is 17.3. The van der Waals surface area contributed by atoms with Crippen molar-refractivity contribution in [2.45, 2.75) is 6.04 Å². The van der Waals surface area contributed by atoms with Gasteiger partial charge >= 0.3 is 6.04 Å². The summed E-state index contributed by atoms with van der Waals surface area (Å²) in [6, 6.07) is -3.46. The molecular formula is C3H6F2O4. The molecule has 0 amide bonds. The number of hydrogen-bond acceptors (Lipinski definition) is 4. The summed E-state index contributed by atoms with van der Waals surface area (Å²) < 4.78 is 22.9. The minimum atomic E-state index is -3.46. The lowest BCUT2D eigenvalue weighted by Gasteiger charge is -2.11. The van der Waals surface area contributed by atoms with Gasteiger partial charge in [0.15, 0.2) is 13.5 Å². The van der Waals surface area contributed by atoms with Gasteiger partial charge in [-0.05, 0) is 0 Å². The monoisotopic (exact) mass is 144 g/mol. The van der Waals surface area contributed by atoms with Crippen LogP contribution in [0.15, 0.2) is 0 Å². The van der Waals surface area contributed by atoms with Gasteiger partial charge in [0.1, 0.15) is 0 Å². The average molecular weight is 144 g/mol. The Morgan fingerprint density at radius 3 is 2.44 bits per heavy atom. The lowest BCUT2D eigenvalue weighted by molar-refractivity contribution is -0.478. The molecule has 0 aliphatic rings. The number of alkyl halides is 2. The van der Waals surface area contributed by atoms with E-state index in [9.17, 15) is 8.78 Å². The standard InChI is InChI=1S/C3H6F2O4/c4-1-3(5,7)9-8-2-6/h6-7H,1-2H2. The van der Waals surface area contributed by atoms with Crippen LogP contribution in [-0.4, -0.2) is 29.7 Å². The third-order valence-electron chi connectivity index (χ3n) is 0.404. The molecule has 0 heterocycles. The molecule has 0 spiro atoms. The largest absolute Gasteiger partial charge is 0.373 e. The summed E-state index contributed by atoms with van der Waals surface area (Å²) in [5.41, 5.74) is 0. The third-order valence-corrected chi connectivity index (χ3v) is 0.404. The van der Waals surface area contributed by atoms with Crippen molar-refractivity contribution in [3.63, 3.8) is 0 Å². The fraction of sp³-hybridized carbons (Fsp3) is 1.00. The summed E-state index contributed by atoms with van der Waals surface area (Å²) in [7, 11) is 0. The lowest BCUT2D eigenvalue weighted by atomic mass is 10.7. The quantitative estimate of drug-likeness (QED) is 0.316. The lowest BCUT2D eigenvalue weighted by Crippen LogP contribution is -2.29. The molecule has 56 valence electrons. The van der Waals surface area contributed by atoms with E-state index in [-0.39, 0.29) is 0 Å². The highest BCUT2D eigenvalue weighted by molar-refractivity contribution is 4.40. The number of aliphatic hydroxyl groups is 2. The minimum absolute atomic E-state index is 0.952. The van der Waals surface area contributed by atoms with Crippen LogP contribution in [0.5, 0.6) is 0 Å². The summed E-state index contributed by atoms with van der Waals surface area (Å²) in [5, 5.41) is 15.7. The van der Waals surface area contributed by atoms with Gasteiger partial charge in [0.25, 0.3) is 0 Å². The van der Waals surface area contributed by atoms with E-state index in [1.54, 1.807) is 0 Å². The second-order valence-electron chi connectivity index (χ2n) is 1.15. The Hall–Kier alpha value is -0.300. The van der Waals surface area contributed by atoms with Crippen molar-refractivity contribution >= 4 is 0 Å². The van der Waals surface area contributed by atoms with Crippen LogP contribution in [0.4, 0.5) is 8.78 Å². The molecule has 6 heteroatoms. The summed E-state index contributed by atoms with van der Waals surface area (Å²) in [6.07, 6.45) is 0. The Bertz CT molecular complexity index is 76.2. The van der Waals surface area contributed by atoms with Crippen LogP contribution >= 0.6 is 0 Å². The van der Waals surface area contributed by atoms with Crippen molar-refractivity contribution < 1.29 is 28.8 Å². The predicted molar refractivity (Wildman–Crippen MR) is 21.3 cm³/mol. The molecule has 0 rings (SSSR count). The highest BCUT2D eigenvalue weighted by Gasteiger charge is 2.28. The van der Waals surface area contributed by atoms with Crippen LogP contribution in [0.25, 0.3) is 0 Å². The maximum Gasteiger partial charge on any atom is 0.373 e. The number of rotatable bonds is 4. The molecule has 0 aromatic heterocycles. The topological polar surface area (TPSA) is 58.9 Å². The van der Waals surface area contributed by atoms with Gasteiger partial charge < -0.3 is 10.2 Å². The highest BCUT2D eigenvalue weighted by Crippen LogP contribution is 2.08. The predicted octanol–water partition coefficient (Wildman–Crippen LogP) is -0.531. The molecule has 1 atom stereocenters. The van der Waals surface area contributed by atoms with Gasteiger partial charge in [-0.1, -0.05) is 0 Å². The molecule has 0 radical (unpaired) electrons. The molecule has 4 nitrogen and oxygen atoms in total. The van der Waals surface area contributed by atoms with Crippen molar-refractivity contribution in [1.82, 2.24) is 0 Å². The van der Waals surface area contributed by atoms with Crippen molar-refractivity contribution in [1.29, 1.82) is 0 Å². The van der Waals surface area contributed by atoms with Crippen molar-refractivity contribution in [3.8, 4) is 0 Å². The van der Waals surface area contributed by atoms with Gasteiger partial charge in [-0.15, -0.1) is 0 Å². The molecule has 0 saturated carbocycles. The van der Waals surface area contributed by atoms with Gasteiger partial charge in [-0.2, -0.15) is 9.28 Å². The molecule has 0 aliphatic heterocycles. The molecule has 9 heavy (non-hydrogen) atoms. The minimum Gasteiger partial charge on any atom is -0.368 e. The van der Waals surface area contributed by atoms with Crippen LogP contribution < -0.4 is 0 Å². The second-order valence-corrected chi connectivity index (χ2v) is 1.15. The van der Waals surface area contributed by atoms with E-state index in [4.69, 9.17) is 10.2 Å². The molecule has 0 bridgehead atoms. The average Bonchev–Trinajstić information content (AvgIpc) is 1.84. The highest BCUT2D eigenvalue weighted by atomic mass is 19.2. The first-order valence-corrected chi connectivity index (χ1v) is 2.01. The van der Waals surface area contributed by atoms with Gasteiger partial charge in [0.2, 0.25) is 0 Å². The van der Waals surface area contributed by atoms with Crippen LogP contribution in [0.1, 0.15) is 0 Å². The first kappa shape index (κ1) is 8.70. The van der Waals surface area contributed by atoms with E-state index in [0.717, 1.165) is 0 Å².